The number of carbonyl (C=O) groups is 1. The van der Waals surface area contributed by atoms with Crippen LogP contribution in [-0.2, 0) is 16.1 Å². The Morgan fingerprint density at radius 2 is 2.33 bits per heavy atom. The summed E-state index contributed by atoms with van der Waals surface area (Å²) in [7, 11) is 3.32. The standard InChI is InChI=1S/C10H14BrNO2S/c1-7(10(13)14-3)12(2)6-8-4-5-9(11)15-8/h4-5,7H,6H2,1-3H3/t7-/m0/s1. The molecule has 0 amide bonds. The van der Waals surface area contributed by atoms with Gasteiger partial charge in [-0.15, -0.1) is 11.3 Å². The Kier molecular flexibility index (Phi) is 4.76. The second-order valence-corrected chi connectivity index (χ2v) is 5.87. The van der Waals surface area contributed by atoms with Crippen LogP contribution < -0.4 is 0 Å². The van der Waals surface area contributed by atoms with Crippen LogP contribution in [0.5, 0.6) is 0 Å². The molecule has 0 fully saturated rings. The van der Waals surface area contributed by atoms with Crippen molar-refractivity contribution in [3.63, 3.8) is 0 Å². The first kappa shape index (κ1) is 12.7. The zero-order valence-electron chi connectivity index (χ0n) is 8.99. The van der Waals surface area contributed by atoms with E-state index in [1.54, 1.807) is 11.3 Å². The van der Waals surface area contributed by atoms with Gasteiger partial charge in [0.2, 0.25) is 0 Å². The smallest absolute Gasteiger partial charge is 0.322 e. The maximum atomic E-state index is 11.3. The molecule has 1 rings (SSSR count). The van der Waals surface area contributed by atoms with Crippen molar-refractivity contribution < 1.29 is 9.53 Å². The molecule has 3 nitrogen and oxygen atoms in total. The Hall–Kier alpha value is -0.390. The molecular weight excluding hydrogens is 278 g/mol. The predicted octanol–water partition coefficient (Wildman–Crippen LogP) is 2.50. The summed E-state index contributed by atoms with van der Waals surface area (Å²) in [5, 5.41) is 0. The van der Waals surface area contributed by atoms with Gasteiger partial charge in [-0.25, -0.2) is 0 Å². The Labute approximate surface area is 102 Å². The van der Waals surface area contributed by atoms with Crippen LogP contribution in [0.25, 0.3) is 0 Å². The molecule has 84 valence electrons. The van der Waals surface area contributed by atoms with Crippen molar-refractivity contribution in [3.8, 4) is 0 Å². The van der Waals surface area contributed by atoms with Crippen molar-refractivity contribution in [2.45, 2.75) is 19.5 Å². The van der Waals surface area contributed by atoms with Gasteiger partial charge in [0.15, 0.2) is 0 Å². The summed E-state index contributed by atoms with van der Waals surface area (Å²) in [5.41, 5.74) is 0. The molecular formula is C10H14BrNO2S. The Morgan fingerprint density at radius 1 is 1.67 bits per heavy atom. The fourth-order valence-corrected chi connectivity index (χ4v) is 2.72. The molecule has 0 radical (unpaired) electrons. The number of ether oxygens (including phenoxy) is 1. The zero-order chi connectivity index (χ0) is 11.4. The summed E-state index contributed by atoms with van der Waals surface area (Å²) < 4.78 is 5.80. The highest BCUT2D eigenvalue weighted by molar-refractivity contribution is 9.11. The summed E-state index contributed by atoms with van der Waals surface area (Å²) in [6.07, 6.45) is 0. The van der Waals surface area contributed by atoms with Crippen LogP contribution in [0.1, 0.15) is 11.8 Å². The highest BCUT2D eigenvalue weighted by Gasteiger charge is 2.18. The third kappa shape index (κ3) is 3.59. The minimum Gasteiger partial charge on any atom is -0.468 e. The van der Waals surface area contributed by atoms with Gasteiger partial charge in [0.05, 0.1) is 10.9 Å². The SMILES string of the molecule is COC(=O)[C@H](C)N(C)Cc1ccc(Br)s1. The normalized spacial score (nSPS) is 12.9. The van der Waals surface area contributed by atoms with Crippen molar-refractivity contribution in [2.24, 2.45) is 0 Å². The highest BCUT2D eigenvalue weighted by atomic mass is 79.9. The van der Waals surface area contributed by atoms with E-state index in [2.05, 4.69) is 26.7 Å². The van der Waals surface area contributed by atoms with Gasteiger partial charge in [-0.05, 0) is 42.0 Å². The summed E-state index contributed by atoms with van der Waals surface area (Å²) in [4.78, 5) is 14.5. The predicted molar refractivity (Wildman–Crippen MR) is 65.0 cm³/mol. The summed E-state index contributed by atoms with van der Waals surface area (Å²) in [5.74, 6) is -0.201. The molecule has 15 heavy (non-hydrogen) atoms. The van der Waals surface area contributed by atoms with Gasteiger partial charge in [-0.2, -0.15) is 0 Å². The third-order valence-corrected chi connectivity index (χ3v) is 3.85. The Balaban J connectivity index is 2.55. The Morgan fingerprint density at radius 3 is 2.80 bits per heavy atom. The zero-order valence-corrected chi connectivity index (χ0v) is 11.4. The summed E-state index contributed by atoms with van der Waals surface area (Å²) in [6, 6.07) is 3.85. The lowest BCUT2D eigenvalue weighted by molar-refractivity contribution is -0.145. The van der Waals surface area contributed by atoms with Gasteiger partial charge in [0.1, 0.15) is 6.04 Å². The molecule has 0 unspecified atom stereocenters. The van der Waals surface area contributed by atoms with Crippen LogP contribution in [0, 0.1) is 0 Å². The van der Waals surface area contributed by atoms with Gasteiger partial charge >= 0.3 is 5.97 Å². The lowest BCUT2D eigenvalue weighted by Gasteiger charge is -2.21. The molecule has 0 aliphatic rings. The van der Waals surface area contributed by atoms with Gasteiger partial charge in [0, 0.05) is 11.4 Å². The van der Waals surface area contributed by atoms with Crippen LogP contribution in [0.2, 0.25) is 0 Å². The molecule has 1 atom stereocenters. The van der Waals surface area contributed by atoms with Crippen molar-refractivity contribution in [1.29, 1.82) is 0 Å². The lowest BCUT2D eigenvalue weighted by atomic mass is 10.3. The molecule has 1 heterocycles. The topological polar surface area (TPSA) is 29.5 Å². The van der Waals surface area contributed by atoms with Crippen LogP contribution >= 0.6 is 27.3 Å². The van der Waals surface area contributed by atoms with E-state index in [0.29, 0.717) is 0 Å². The fourth-order valence-electron chi connectivity index (χ4n) is 1.17. The van der Waals surface area contributed by atoms with Crippen molar-refractivity contribution in [1.82, 2.24) is 4.90 Å². The molecule has 0 bridgehead atoms. The molecule has 0 N–H and O–H groups in total. The van der Waals surface area contributed by atoms with E-state index in [-0.39, 0.29) is 12.0 Å². The Bertz CT molecular complexity index is 340. The molecule has 0 saturated carbocycles. The van der Waals surface area contributed by atoms with Crippen LogP contribution in [0.15, 0.2) is 15.9 Å². The average Bonchev–Trinajstić information content (AvgIpc) is 2.61. The van der Waals surface area contributed by atoms with Crippen molar-refractivity contribution >= 4 is 33.2 Å². The minimum atomic E-state index is -0.212. The maximum absolute atomic E-state index is 11.3. The minimum absolute atomic E-state index is 0.201. The monoisotopic (exact) mass is 291 g/mol. The highest BCUT2D eigenvalue weighted by Crippen LogP contribution is 2.23. The first-order valence-corrected chi connectivity index (χ1v) is 6.18. The number of thiophene rings is 1. The van der Waals surface area contributed by atoms with E-state index in [1.807, 2.05) is 24.9 Å². The van der Waals surface area contributed by atoms with E-state index < -0.39 is 0 Å². The quantitative estimate of drug-likeness (QED) is 0.799. The van der Waals surface area contributed by atoms with E-state index in [1.165, 1.54) is 12.0 Å². The fraction of sp³-hybridized carbons (Fsp3) is 0.500. The van der Waals surface area contributed by atoms with E-state index in [4.69, 9.17) is 0 Å². The summed E-state index contributed by atoms with van der Waals surface area (Å²) in [6.45, 7) is 2.60. The van der Waals surface area contributed by atoms with Crippen molar-refractivity contribution in [3.05, 3.63) is 20.8 Å². The molecule has 0 aromatic carbocycles. The number of hydrogen-bond donors (Lipinski definition) is 0. The third-order valence-electron chi connectivity index (χ3n) is 2.24. The number of carbonyl (C=O) groups excluding carboxylic acids is 1. The van der Waals surface area contributed by atoms with E-state index in [9.17, 15) is 4.79 Å². The number of rotatable bonds is 4. The summed E-state index contributed by atoms with van der Waals surface area (Å²) >= 11 is 5.09. The first-order chi connectivity index (χ1) is 7.04. The lowest BCUT2D eigenvalue weighted by Crippen LogP contribution is -2.36. The number of nitrogens with zero attached hydrogens (tertiary/aromatic N) is 1. The van der Waals surface area contributed by atoms with Gasteiger partial charge < -0.3 is 4.74 Å². The van der Waals surface area contributed by atoms with Crippen molar-refractivity contribution in [2.75, 3.05) is 14.2 Å². The largest absolute Gasteiger partial charge is 0.468 e. The first-order valence-electron chi connectivity index (χ1n) is 4.57. The van der Waals surface area contributed by atoms with Gasteiger partial charge in [-0.3, -0.25) is 9.69 Å². The maximum Gasteiger partial charge on any atom is 0.322 e. The molecule has 0 spiro atoms. The van der Waals surface area contributed by atoms with Gasteiger partial charge in [0.25, 0.3) is 0 Å². The molecule has 0 saturated heterocycles. The molecule has 1 aromatic rings. The van der Waals surface area contributed by atoms with Gasteiger partial charge in [-0.1, -0.05) is 0 Å². The molecule has 0 aliphatic heterocycles. The second-order valence-electron chi connectivity index (χ2n) is 3.32. The van der Waals surface area contributed by atoms with Crippen LogP contribution in [0.4, 0.5) is 0 Å². The van der Waals surface area contributed by atoms with Crippen LogP contribution in [0.3, 0.4) is 0 Å². The number of likely N-dealkylation sites (N-methyl/N-ethyl adjacent to an activating group) is 1. The van der Waals surface area contributed by atoms with E-state index in [0.717, 1.165) is 10.3 Å². The number of halogens is 1. The number of methoxy groups -OCH3 is 1. The number of esters is 1. The second kappa shape index (κ2) is 5.63. The molecule has 1 aromatic heterocycles. The van der Waals surface area contributed by atoms with Crippen LogP contribution in [-0.4, -0.2) is 31.1 Å². The van der Waals surface area contributed by atoms with E-state index >= 15 is 0 Å². The molecule has 0 aliphatic carbocycles. The number of hydrogen-bond acceptors (Lipinski definition) is 4. The average molecular weight is 292 g/mol. The molecule has 5 heteroatoms.